The third kappa shape index (κ3) is 6.94. The first-order valence-corrected chi connectivity index (χ1v) is 14.1. The van der Waals surface area contributed by atoms with E-state index in [1.54, 1.807) is 53.0 Å². The molecule has 0 saturated heterocycles. The minimum absolute atomic E-state index is 0.0541. The van der Waals surface area contributed by atoms with E-state index in [1.165, 1.54) is 0 Å². The molecule has 228 valence electrons. The van der Waals surface area contributed by atoms with Crippen LogP contribution in [0.1, 0.15) is 52.3 Å². The summed E-state index contributed by atoms with van der Waals surface area (Å²) in [5.41, 5.74) is 6.38. The van der Waals surface area contributed by atoms with Gasteiger partial charge in [-0.3, -0.25) is 4.79 Å². The van der Waals surface area contributed by atoms with E-state index >= 15 is 0 Å². The lowest BCUT2D eigenvalue weighted by Gasteiger charge is -2.31. The summed E-state index contributed by atoms with van der Waals surface area (Å²) in [6.07, 6.45) is -0.598. The first kappa shape index (κ1) is 31.4. The summed E-state index contributed by atoms with van der Waals surface area (Å²) in [7, 11) is 1.55. The van der Waals surface area contributed by atoms with Crippen LogP contribution >= 0.6 is 0 Å². The van der Waals surface area contributed by atoms with E-state index in [0.29, 0.717) is 33.4 Å². The molecule has 0 amide bonds. The number of anilines is 1. The Morgan fingerprint density at radius 1 is 1.07 bits per heavy atom. The van der Waals surface area contributed by atoms with Crippen LogP contribution in [-0.4, -0.2) is 57.4 Å². The molecule has 0 spiro atoms. The molecule has 1 unspecified atom stereocenters. The van der Waals surface area contributed by atoms with Crippen molar-refractivity contribution in [2.75, 3.05) is 19.0 Å². The van der Waals surface area contributed by atoms with Gasteiger partial charge in [-0.15, -0.1) is 4.68 Å². The predicted molar refractivity (Wildman–Crippen MR) is 164 cm³/mol. The SMILES string of the molecule is COc1ccc2nc3c(c(C)nn3C(=O)OCc3ccccc3)c(NCC(=O)C(N)(CC(C)C)C(=O)OC(C)(C)C)c2c1. The second-order valence-corrected chi connectivity index (χ2v) is 12.0. The van der Waals surface area contributed by atoms with Crippen LogP contribution in [0.15, 0.2) is 48.5 Å². The number of carbonyl (C=O) groups excluding carboxylic acids is 3. The van der Waals surface area contributed by atoms with Gasteiger partial charge in [0.15, 0.2) is 17.0 Å². The number of nitrogens with zero attached hydrogens (tertiary/aromatic N) is 3. The van der Waals surface area contributed by atoms with Gasteiger partial charge in [-0.1, -0.05) is 44.2 Å². The minimum Gasteiger partial charge on any atom is -0.497 e. The van der Waals surface area contributed by atoms with E-state index in [-0.39, 0.29) is 31.1 Å². The zero-order valence-electron chi connectivity index (χ0n) is 25.7. The Morgan fingerprint density at radius 3 is 2.40 bits per heavy atom. The Bertz CT molecular complexity index is 1660. The largest absolute Gasteiger partial charge is 0.497 e. The van der Waals surface area contributed by atoms with Crippen molar-refractivity contribution in [2.24, 2.45) is 11.7 Å². The van der Waals surface area contributed by atoms with Crippen molar-refractivity contribution in [3.63, 3.8) is 0 Å². The fraction of sp³-hybridized carbons (Fsp3) is 0.406. The number of nitrogens with two attached hydrogens (primary N) is 1. The number of fused-ring (bicyclic) bond motifs is 2. The molecule has 0 saturated carbocycles. The number of pyridine rings is 1. The van der Waals surface area contributed by atoms with E-state index in [4.69, 9.17) is 24.9 Å². The molecule has 0 aliphatic heterocycles. The summed E-state index contributed by atoms with van der Waals surface area (Å²) in [5.74, 6) is -0.806. The van der Waals surface area contributed by atoms with Crippen molar-refractivity contribution in [2.45, 2.75) is 65.7 Å². The van der Waals surface area contributed by atoms with Crippen LogP contribution in [0.25, 0.3) is 21.9 Å². The van der Waals surface area contributed by atoms with Gasteiger partial charge in [0, 0.05) is 5.39 Å². The number of methoxy groups -OCH3 is 1. The number of rotatable bonds is 10. The number of Topliss-reactive ketones (excluding diaryl/α,β-unsaturated/α-hetero) is 1. The molecule has 0 aliphatic carbocycles. The molecular weight excluding hydrogens is 550 g/mol. The fourth-order valence-electron chi connectivity index (χ4n) is 4.84. The number of aromatic nitrogens is 3. The Morgan fingerprint density at radius 2 is 1.77 bits per heavy atom. The molecule has 2 heterocycles. The zero-order valence-corrected chi connectivity index (χ0v) is 25.7. The molecule has 1 atom stereocenters. The quantitative estimate of drug-likeness (QED) is 0.188. The van der Waals surface area contributed by atoms with Gasteiger partial charge in [-0.25, -0.2) is 14.6 Å². The fourth-order valence-corrected chi connectivity index (χ4v) is 4.84. The van der Waals surface area contributed by atoms with Crippen molar-refractivity contribution in [3.8, 4) is 5.75 Å². The van der Waals surface area contributed by atoms with Gasteiger partial charge in [0.25, 0.3) is 0 Å². The van der Waals surface area contributed by atoms with Crippen molar-refractivity contribution in [1.82, 2.24) is 14.8 Å². The molecule has 2 aromatic heterocycles. The van der Waals surface area contributed by atoms with Crippen LogP contribution in [0.4, 0.5) is 10.5 Å². The van der Waals surface area contributed by atoms with Crippen LogP contribution in [0.3, 0.4) is 0 Å². The summed E-state index contributed by atoms with van der Waals surface area (Å²) in [6.45, 7) is 10.4. The van der Waals surface area contributed by atoms with Crippen LogP contribution < -0.4 is 15.8 Å². The first-order chi connectivity index (χ1) is 20.2. The van der Waals surface area contributed by atoms with E-state index in [2.05, 4.69) is 10.4 Å². The maximum Gasteiger partial charge on any atom is 0.437 e. The van der Waals surface area contributed by atoms with E-state index in [9.17, 15) is 14.4 Å². The second kappa shape index (κ2) is 12.4. The van der Waals surface area contributed by atoms with E-state index in [1.807, 2.05) is 44.2 Å². The molecular formula is C32H39N5O6. The number of benzene rings is 2. The van der Waals surface area contributed by atoms with Gasteiger partial charge in [-0.05, 0) is 63.8 Å². The third-order valence-corrected chi connectivity index (χ3v) is 6.78. The van der Waals surface area contributed by atoms with Crippen molar-refractivity contribution >= 4 is 45.5 Å². The molecule has 0 aliphatic rings. The number of nitrogens with one attached hydrogen (secondary N) is 1. The maximum absolute atomic E-state index is 13.7. The Kier molecular flexibility index (Phi) is 9.05. The summed E-state index contributed by atoms with van der Waals surface area (Å²) in [6, 6.07) is 14.6. The minimum atomic E-state index is -1.87. The second-order valence-electron chi connectivity index (χ2n) is 12.0. The van der Waals surface area contributed by atoms with Crippen LogP contribution in [0, 0.1) is 12.8 Å². The summed E-state index contributed by atoms with van der Waals surface area (Å²) >= 11 is 0. The van der Waals surface area contributed by atoms with Gasteiger partial charge >= 0.3 is 12.1 Å². The molecule has 3 N–H and O–H groups in total. The normalized spacial score (nSPS) is 13.1. The highest BCUT2D eigenvalue weighted by molar-refractivity contribution is 6.13. The lowest BCUT2D eigenvalue weighted by molar-refractivity contribution is -0.164. The van der Waals surface area contributed by atoms with Gasteiger partial charge in [0.05, 0.1) is 35.9 Å². The molecule has 11 nitrogen and oxygen atoms in total. The number of carbonyl (C=O) groups is 3. The Balaban J connectivity index is 1.74. The van der Waals surface area contributed by atoms with Gasteiger partial charge < -0.3 is 25.3 Å². The van der Waals surface area contributed by atoms with Gasteiger partial charge in [-0.2, -0.15) is 5.10 Å². The average Bonchev–Trinajstić information content (AvgIpc) is 3.28. The first-order valence-electron chi connectivity index (χ1n) is 14.1. The standard InChI is InChI=1S/C32H39N5O6/c1-19(2)16-32(33,29(39)43-31(4,5)6)25(38)17-34-27-23-15-22(41-7)13-14-24(23)35-28-26(27)20(3)36-37(28)30(40)42-18-21-11-9-8-10-12-21/h8-15,19H,16-18,33H2,1-7H3,(H,34,35). The van der Waals surface area contributed by atoms with Gasteiger partial charge in [0.1, 0.15) is 18.0 Å². The number of hydrogen-bond donors (Lipinski definition) is 2. The summed E-state index contributed by atoms with van der Waals surface area (Å²) in [5, 5.41) is 8.76. The van der Waals surface area contributed by atoms with Gasteiger partial charge in [0.2, 0.25) is 0 Å². The topological polar surface area (TPSA) is 148 Å². The van der Waals surface area contributed by atoms with Crippen LogP contribution in [-0.2, 0) is 25.7 Å². The van der Waals surface area contributed by atoms with E-state index < -0.39 is 29.0 Å². The summed E-state index contributed by atoms with van der Waals surface area (Å²) < 4.78 is 17.6. The average molecular weight is 590 g/mol. The Labute approximate surface area is 250 Å². The molecule has 4 rings (SSSR count). The number of ether oxygens (including phenoxy) is 3. The molecule has 43 heavy (non-hydrogen) atoms. The highest BCUT2D eigenvalue weighted by Crippen LogP contribution is 2.35. The van der Waals surface area contributed by atoms with Crippen LogP contribution in [0.2, 0.25) is 0 Å². The zero-order chi connectivity index (χ0) is 31.5. The monoisotopic (exact) mass is 589 g/mol. The molecule has 4 aromatic rings. The highest BCUT2D eigenvalue weighted by Gasteiger charge is 2.45. The summed E-state index contributed by atoms with van der Waals surface area (Å²) in [4.78, 5) is 44.8. The number of hydrogen-bond acceptors (Lipinski definition) is 10. The van der Waals surface area contributed by atoms with Crippen molar-refractivity contribution < 1.29 is 28.6 Å². The maximum atomic E-state index is 13.7. The lowest BCUT2D eigenvalue weighted by Crippen LogP contribution is -2.59. The smallest absolute Gasteiger partial charge is 0.437 e. The predicted octanol–water partition coefficient (Wildman–Crippen LogP) is 5.15. The molecule has 0 radical (unpaired) electrons. The lowest BCUT2D eigenvalue weighted by atomic mass is 9.85. The van der Waals surface area contributed by atoms with Crippen molar-refractivity contribution in [3.05, 3.63) is 59.8 Å². The molecule has 0 fully saturated rings. The number of esters is 1. The molecule has 0 bridgehead atoms. The number of aryl methyl sites for hydroxylation is 1. The number of ketones is 1. The third-order valence-electron chi connectivity index (χ3n) is 6.78. The highest BCUT2D eigenvalue weighted by atomic mass is 16.6. The molecule has 11 heteroatoms. The molecule has 2 aromatic carbocycles. The van der Waals surface area contributed by atoms with Crippen LogP contribution in [0.5, 0.6) is 5.75 Å². The van der Waals surface area contributed by atoms with E-state index in [0.717, 1.165) is 10.2 Å². The van der Waals surface area contributed by atoms with Crippen molar-refractivity contribution in [1.29, 1.82) is 0 Å². The Hall–Kier alpha value is -4.51.